The molecule has 2 heterocycles. The molecular weight excluding hydrogens is 467 g/mol. The van der Waals surface area contributed by atoms with Gasteiger partial charge in [-0.3, -0.25) is 14.6 Å². The van der Waals surface area contributed by atoms with E-state index in [1.807, 2.05) is 19.1 Å². The summed E-state index contributed by atoms with van der Waals surface area (Å²) in [6.45, 7) is 6.18. The van der Waals surface area contributed by atoms with E-state index in [1.165, 1.54) is 23.5 Å². The number of halogens is 3. The molecule has 3 aromatic rings. The third-order valence-corrected chi connectivity index (χ3v) is 7.02. The Kier molecular flexibility index (Phi) is 7.39. The number of benzene rings is 2. The van der Waals surface area contributed by atoms with Gasteiger partial charge in [-0.15, -0.1) is 0 Å². The number of aryl methyl sites for hydroxylation is 1. The van der Waals surface area contributed by atoms with Crippen molar-refractivity contribution in [3.63, 3.8) is 0 Å². The lowest BCUT2D eigenvalue weighted by Gasteiger charge is -2.27. The number of methoxy groups -OCH3 is 1. The summed E-state index contributed by atoms with van der Waals surface area (Å²) in [7, 11) is 1.57. The Balaban J connectivity index is 1.63. The summed E-state index contributed by atoms with van der Waals surface area (Å²) in [5.41, 5.74) is 1.07. The molecular formula is C24H26F3N3O3S. The molecule has 6 nitrogen and oxygen atoms in total. The number of morpholine rings is 1. The van der Waals surface area contributed by atoms with E-state index in [1.54, 1.807) is 12.0 Å². The molecule has 1 saturated heterocycles. The van der Waals surface area contributed by atoms with Crippen molar-refractivity contribution < 1.29 is 27.4 Å². The summed E-state index contributed by atoms with van der Waals surface area (Å²) in [5.74, 6) is 0.227. The molecule has 0 radical (unpaired) electrons. The zero-order valence-electron chi connectivity index (χ0n) is 19.0. The Morgan fingerprint density at radius 2 is 1.88 bits per heavy atom. The van der Waals surface area contributed by atoms with Crippen molar-refractivity contribution in [3.8, 4) is 5.75 Å². The highest BCUT2D eigenvalue weighted by atomic mass is 32.1. The van der Waals surface area contributed by atoms with E-state index < -0.39 is 11.7 Å². The molecule has 1 aromatic heterocycles. The van der Waals surface area contributed by atoms with Crippen LogP contribution in [-0.4, -0.2) is 62.3 Å². The van der Waals surface area contributed by atoms with Crippen LogP contribution in [0.3, 0.4) is 0 Å². The van der Waals surface area contributed by atoms with Crippen molar-refractivity contribution in [2.24, 2.45) is 0 Å². The minimum atomic E-state index is -4.46. The second-order valence-corrected chi connectivity index (χ2v) is 9.08. The van der Waals surface area contributed by atoms with Gasteiger partial charge in [-0.05, 0) is 49.2 Å². The third-order valence-electron chi connectivity index (χ3n) is 5.81. The predicted octanol–water partition coefficient (Wildman–Crippen LogP) is 5.00. The van der Waals surface area contributed by atoms with Crippen LogP contribution in [0.1, 0.15) is 27.9 Å². The van der Waals surface area contributed by atoms with Crippen LogP contribution in [0.4, 0.5) is 18.3 Å². The Morgan fingerprint density at radius 1 is 1.18 bits per heavy atom. The molecule has 0 N–H and O–H groups in total. The van der Waals surface area contributed by atoms with Crippen LogP contribution < -0.4 is 9.64 Å². The highest BCUT2D eigenvalue weighted by Crippen LogP contribution is 2.37. The van der Waals surface area contributed by atoms with Crippen LogP contribution in [0, 0.1) is 6.92 Å². The highest BCUT2D eigenvalue weighted by molar-refractivity contribution is 7.22. The minimum absolute atomic E-state index is 0.183. The average Bonchev–Trinajstić information content (AvgIpc) is 3.28. The third kappa shape index (κ3) is 5.34. The van der Waals surface area contributed by atoms with Crippen molar-refractivity contribution >= 4 is 32.6 Å². The maximum atomic E-state index is 13.5. The average molecular weight is 494 g/mol. The van der Waals surface area contributed by atoms with Gasteiger partial charge in [0.2, 0.25) is 0 Å². The van der Waals surface area contributed by atoms with E-state index >= 15 is 0 Å². The number of alkyl halides is 3. The van der Waals surface area contributed by atoms with E-state index in [2.05, 4.69) is 4.90 Å². The lowest BCUT2D eigenvalue weighted by Crippen LogP contribution is -2.39. The summed E-state index contributed by atoms with van der Waals surface area (Å²) in [4.78, 5) is 22.0. The molecule has 10 heteroatoms. The van der Waals surface area contributed by atoms with E-state index in [-0.39, 0.29) is 11.5 Å². The Morgan fingerprint density at radius 3 is 2.53 bits per heavy atom. The standard InChI is InChI=1S/C24H26F3N3O3S/c1-16-4-9-19(32-2)20-21(16)34-23(28-20)30(11-3-10-29-12-14-33-15-13-29)22(31)17-5-7-18(8-6-17)24(25,26)27/h4-9H,3,10-15H2,1-2H3. The van der Waals surface area contributed by atoms with Gasteiger partial charge in [0.15, 0.2) is 5.13 Å². The minimum Gasteiger partial charge on any atom is -0.494 e. The fourth-order valence-electron chi connectivity index (χ4n) is 3.90. The SMILES string of the molecule is COc1ccc(C)c2sc(N(CCCN3CCOCC3)C(=O)c3ccc(C(F)(F)F)cc3)nc12. The summed E-state index contributed by atoms with van der Waals surface area (Å²) >= 11 is 1.38. The fraction of sp³-hybridized carbons (Fsp3) is 0.417. The van der Waals surface area contributed by atoms with Crippen LogP contribution in [0.2, 0.25) is 0 Å². The number of carbonyl (C=O) groups is 1. The number of ether oxygens (including phenoxy) is 2. The van der Waals surface area contributed by atoms with E-state index in [9.17, 15) is 18.0 Å². The molecule has 0 spiro atoms. The Bertz CT molecular complexity index is 1140. The molecule has 1 fully saturated rings. The van der Waals surface area contributed by atoms with Crippen molar-refractivity contribution in [2.45, 2.75) is 19.5 Å². The number of thiazole rings is 1. The van der Waals surface area contributed by atoms with Gasteiger partial charge in [-0.2, -0.15) is 13.2 Å². The molecule has 1 aliphatic heterocycles. The molecule has 34 heavy (non-hydrogen) atoms. The number of hydrogen-bond acceptors (Lipinski definition) is 6. The van der Waals surface area contributed by atoms with Gasteiger partial charge >= 0.3 is 6.18 Å². The van der Waals surface area contributed by atoms with Crippen LogP contribution in [0.5, 0.6) is 5.75 Å². The largest absolute Gasteiger partial charge is 0.494 e. The second-order valence-electron chi connectivity index (χ2n) is 8.10. The number of fused-ring (bicyclic) bond motifs is 1. The molecule has 1 amide bonds. The number of nitrogens with zero attached hydrogens (tertiary/aromatic N) is 3. The normalized spacial score (nSPS) is 15.0. The van der Waals surface area contributed by atoms with Gasteiger partial charge in [0, 0.05) is 31.7 Å². The number of carbonyl (C=O) groups excluding carboxylic acids is 1. The smallest absolute Gasteiger partial charge is 0.416 e. The summed E-state index contributed by atoms with van der Waals surface area (Å²) in [5, 5.41) is 0.495. The Labute approximate surface area is 199 Å². The second kappa shape index (κ2) is 10.3. The number of anilines is 1. The lowest BCUT2D eigenvalue weighted by molar-refractivity contribution is -0.137. The molecule has 1 aliphatic rings. The number of amides is 1. The first-order valence-electron chi connectivity index (χ1n) is 11.0. The van der Waals surface area contributed by atoms with Gasteiger partial charge < -0.3 is 9.47 Å². The molecule has 0 unspecified atom stereocenters. The van der Waals surface area contributed by atoms with Gasteiger partial charge in [-0.25, -0.2) is 4.98 Å². The Hall–Kier alpha value is -2.69. The number of aromatic nitrogens is 1. The van der Waals surface area contributed by atoms with Gasteiger partial charge in [0.05, 0.1) is 30.6 Å². The monoisotopic (exact) mass is 493 g/mol. The predicted molar refractivity (Wildman–Crippen MR) is 126 cm³/mol. The maximum Gasteiger partial charge on any atom is 0.416 e. The van der Waals surface area contributed by atoms with Crippen molar-refractivity contribution in [1.29, 1.82) is 0 Å². The van der Waals surface area contributed by atoms with Gasteiger partial charge in [0.25, 0.3) is 5.91 Å². The zero-order chi connectivity index (χ0) is 24.3. The van der Waals surface area contributed by atoms with Gasteiger partial charge in [0.1, 0.15) is 11.3 Å². The van der Waals surface area contributed by atoms with Crippen LogP contribution in [-0.2, 0) is 10.9 Å². The van der Waals surface area contributed by atoms with Crippen molar-refractivity contribution in [2.75, 3.05) is 51.4 Å². The molecule has 0 bridgehead atoms. The molecule has 0 saturated carbocycles. The quantitative estimate of drug-likeness (QED) is 0.464. The fourth-order valence-corrected chi connectivity index (χ4v) is 4.97. The zero-order valence-corrected chi connectivity index (χ0v) is 19.8. The number of rotatable bonds is 7. The molecule has 4 rings (SSSR count). The number of hydrogen-bond donors (Lipinski definition) is 0. The van der Waals surface area contributed by atoms with Crippen LogP contribution in [0.15, 0.2) is 36.4 Å². The van der Waals surface area contributed by atoms with Crippen molar-refractivity contribution in [1.82, 2.24) is 9.88 Å². The molecule has 182 valence electrons. The summed E-state index contributed by atoms with van der Waals surface area (Å²) in [6, 6.07) is 8.08. The maximum absolute atomic E-state index is 13.5. The van der Waals surface area contributed by atoms with Crippen LogP contribution in [0.25, 0.3) is 10.2 Å². The topological polar surface area (TPSA) is 54.9 Å². The highest BCUT2D eigenvalue weighted by Gasteiger charge is 2.31. The van der Waals surface area contributed by atoms with Crippen LogP contribution >= 0.6 is 11.3 Å². The molecule has 0 aliphatic carbocycles. The van der Waals surface area contributed by atoms with E-state index in [4.69, 9.17) is 14.5 Å². The van der Waals surface area contributed by atoms with Crippen molar-refractivity contribution in [3.05, 3.63) is 53.1 Å². The molecule has 2 aromatic carbocycles. The first-order chi connectivity index (χ1) is 16.3. The van der Waals surface area contributed by atoms with E-state index in [0.29, 0.717) is 42.6 Å². The van der Waals surface area contributed by atoms with Gasteiger partial charge in [-0.1, -0.05) is 17.4 Å². The lowest BCUT2D eigenvalue weighted by atomic mass is 10.1. The first kappa shape index (κ1) is 24.4. The summed E-state index contributed by atoms with van der Waals surface area (Å²) < 4.78 is 50.7. The molecule has 0 atom stereocenters. The van der Waals surface area contributed by atoms with E-state index in [0.717, 1.165) is 42.0 Å². The first-order valence-corrected chi connectivity index (χ1v) is 11.8. The summed E-state index contributed by atoms with van der Waals surface area (Å²) in [6.07, 6.45) is -3.76.